The van der Waals surface area contributed by atoms with Crippen molar-refractivity contribution in [3.63, 3.8) is 0 Å². The van der Waals surface area contributed by atoms with Crippen LogP contribution in [0, 0.1) is 18.7 Å². The molecule has 7 heteroatoms. The minimum atomic E-state index is -0.220. The van der Waals surface area contributed by atoms with E-state index in [4.69, 9.17) is 0 Å². The number of carbonyl (C=O) groups excluding carboxylic acids is 1. The predicted octanol–water partition coefficient (Wildman–Crippen LogP) is 4.31. The number of thiophene rings is 1. The van der Waals surface area contributed by atoms with Crippen LogP contribution in [0.2, 0.25) is 0 Å². The molecule has 1 atom stereocenters. The summed E-state index contributed by atoms with van der Waals surface area (Å²) in [5, 5.41) is 1.20. The Morgan fingerprint density at radius 1 is 1.06 bits per heavy atom. The second-order valence-corrected chi connectivity index (χ2v) is 9.77. The van der Waals surface area contributed by atoms with Gasteiger partial charge in [-0.2, -0.15) is 0 Å². The van der Waals surface area contributed by atoms with Crippen LogP contribution in [-0.2, 0) is 4.79 Å². The number of nitrogens with zero attached hydrogens (tertiary/aromatic N) is 4. The average Bonchev–Trinajstić information content (AvgIpc) is 3.19. The van der Waals surface area contributed by atoms with Gasteiger partial charge in [-0.25, -0.2) is 9.37 Å². The van der Waals surface area contributed by atoms with Crippen molar-refractivity contribution in [3.05, 3.63) is 53.3 Å². The third kappa shape index (κ3) is 4.11. The first-order chi connectivity index (χ1) is 15.1. The molecule has 2 saturated heterocycles. The van der Waals surface area contributed by atoms with Gasteiger partial charge >= 0.3 is 0 Å². The van der Waals surface area contributed by atoms with Crippen LogP contribution in [0.15, 0.2) is 42.6 Å². The minimum Gasteiger partial charge on any atom is -0.368 e. The highest BCUT2D eigenvalue weighted by Gasteiger charge is 2.32. The molecule has 0 aliphatic carbocycles. The standard InChI is InChI=1S/C24H27FN4OS/c1-17-15-21-22(31-17)8-9-26-23(21)29-10-2-3-18(16-29)24(30)28-13-11-27(12-14-28)20-6-4-19(25)5-7-20/h4-9,15,18H,2-3,10-14,16H2,1H3/t18-/m1/s1. The maximum absolute atomic E-state index is 13.3. The molecule has 5 nitrogen and oxygen atoms in total. The van der Waals surface area contributed by atoms with Crippen molar-refractivity contribution in [1.29, 1.82) is 0 Å². The summed E-state index contributed by atoms with van der Waals surface area (Å²) in [4.78, 5) is 25.8. The van der Waals surface area contributed by atoms with Gasteiger partial charge in [-0.05, 0) is 56.2 Å². The molecule has 3 aromatic rings. The number of hydrogen-bond acceptors (Lipinski definition) is 5. The van der Waals surface area contributed by atoms with Gasteiger partial charge in [0.05, 0.1) is 5.92 Å². The van der Waals surface area contributed by atoms with Crippen molar-refractivity contribution in [3.8, 4) is 0 Å². The van der Waals surface area contributed by atoms with Crippen LogP contribution < -0.4 is 9.80 Å². The number of benzene rings is 1. The number of rotatable bonds is 3. The molecule has 0 spiro atoms. The Labute approximate surface area is 186 Å². The van der Waals surface area contributed by atoms with E-state index in [-0.39, 0.29) is 17.6 Å². The van der Waals surface area contributed by atoms with Gasteiger partial charge in [-0.1, -0.05) is 0 Å². The van der Waals surface area contributed by atoms with Crippen LogP contribution in [0.1, 0.15) is 17.7 Å². The molecule has 0 saturated carbocycles. The number of pyridine rings is 1. The van der Waals surface area contributed by atoms with Gasteiger partial charge in [0.1, 0.15) is 11.6 Å². The summed E-state index contributed by atoms with van der Waals surface area (Å²) < 4.78 is 14.4. The molecule has 2 aliphatic heterocycles. The Morgan fingerprint density at radius 3 is 2.61 bits per heavy atom. The van der Waals surface area contributed by atoms with Gasteiger partial charge in [-0.15, -0.1) is 11.3 Å². The van der Waals surface area contributed by atoms with Gasteiger partial charge in [0.25, 0.3) is 0 Å². The van der Waals surface area contributed by atoms with E-state index in [1.807, 2.05) is 23.2 Å². The Balaban J connectivity index is 1.24. The molecule has 1 amide bonds. The van der Waals surface area contributed by atoms with E-state index in [0.29, 0.717) is 13.1 Å². The van der Waals surface area contributed by atoms with Crippen molar-refractivity contribution in [1.82, 2.24) is 9.88 Å². The largest absolute Gasteiger partial charge is 0.368 e. The van der Waals surface area contributed by atoms with Crippen LogP contribution in [0.5, 0.6) is 0 Å². The lowest BCUT2D eigenvalue weighted by atomic mass is 9.96. The number of piperazine rings is 1. The Kier molecular flexibility index (Phi) is 5.52. The second-order valence-electron chi connectivity index (χ2n) is 8.48. The number of amides is 1. The Bertz CT molecular complexity index is 1070. The van der Waals surface area contributed by atoms with E-state index in [9.17, 15) is 9.18 Å². The van der Waals surface area contributed by atoms with E-state index < -0.39 is 0 Å². The summed E-state index contributed by atoms with van der Waals surface area (Å²) in [6, 6.07) is 10.9. The fourth-order valence-corrected chi connectivity index (χ4v) is 5.71. The van der Waals surface area contributed by atoms with Crippen LogP contribution in [0.25, 0.3) is 10.1 Å². The number of piperidine rings is 1. The van der Waals surface area contributed by atoms with Crippen molar-refractivity contribution in [2.24, 2.45) is 5.92 Å². The molecular formula is C24H27FN4OS. The third-order valence-corrected chi connectivity index (χ3v) is 7.42. The topological polar surface area (TPSA) is 39.7 Å². The highest BCUT2D eigenvalue weighted by Crippen LogP contribution is 2.33. The Hall–Kier alpha value is -2.67. The fraction of sp³-hybridized carbons (Fsp3) is 0.417. The third-order valence-electron chi connectivity index (χ3n) is 6.40. The molecule has 2 aliphatic rings. The molecule has 5 rings (SSSR count). The number of fused-ring (bicyclic) bond motifs is 1. The lowest BCUT2D eigenvalue weighted by Gasteiger charge is -2.40. The first-order valence-electron chi connectivity index (χ1n) is 11.0. The highest BCUT2D eigenvalue weighted by atomic mass is 32.1. The predicted molar refractivity (Wildman–Crippen MR) is 124 cm³/mol. The first-order valence-corrected chi connectivity index (χ1v) is 11.8. The zero-order chi connectivity index (χ0) is 21.4. The number of aromatic nitrogens is 1. The van der Waals surface area contributed by atoms with Gasteiger partial charge in [0, 0.05) is 66.1 Å². The molecular weight excluding hydrogens is 411 g/mol. The number of carbonyl (C=O) groups is 1. The SMILES string of the molecule is Cc1cc2c(N3CCC[C@@H](C(=O)N4CCN(c5ccc(F)cc5)CC4)C3)nccc2s1. The number of aryl methyl sites for hydroxylation is 1. The van der Waals surface area contributed by atoms with Crippen LogP contribution in [0.4, 0.5) is 15.9 Å². The van der Waals surface area contributed by atoms with E-state index in [2.05, 4.69) is 33.8 Å². The monoisotopic (exact) mass is 438 g/mol. The van der Waals surface area contributed by atoms with E-state index in [1.54, 1.807) is 11.3 Å². The number of halogens is 1. The second kappa shape index (κ2) is 8.46. The van der Waals surface area contributed by atoms with Crippen molar-refractivity contribution in [2.75, 3.05) is 49.1 Å². The summed E-state index contributed by atoms with van der Waals surface area (Å²) in [6.45, 7) is 6.80. The summed E-state index contributed by atoms with van der Waals surface area (Å²) in [6.07, 6.45) is 3.83. The molecule has 2 fully saturated rings. The summed E-state index contributed by atoms with van der Waals surface area (Å²) >= 11 is 1.79. The van der Waals surface area contributed by atoms with E-state index in [0.717, 1.165) is 50.5 Å². The summed E-state index contributed by atoms with van der Waals surface area (Å²) in [7, 11) is 0. The molecule has 0 unspecified atom stereocenters. The lowest BCUT2D eigenvalue weighted by Crippen LogP contribution is -2.52. The Morgan fingerprint density at radius 2 is 1.84 bits per heavy atom. The normalized spacial score (nSPS) is 19.8. The first kappa shape index (κ1) is 20.2. The average molecular weight is 439 g/mol. The van der Waals surface area contributed by atoms with Crippen LogP contribution in [-0.4, -0.2) is 55.1 Å². The smallest absolute Gasteiger partial charge is 0.227 e. The zero-order valence-electron chi connectivity index (χ0n) is 17.8. The van der Waals surface area contributed by atoms with E-state index in [1.165, 1.54) is 27.1 Å². The molecule has 162 valence electrons. The number of hydrogen-bond donors (Lipinski definition) is 0. The molecule has 0 N–H and O–H groups in total. The highest BCUT2D eigenvalue weighted by molar-refractivity contribution is 7.19. The van der Waals surface area contributed by atoms with Crippen molar-refractivity contribution < 1.29 is 9.18 Å². The molecule has 0 bridgehead atoms. The lowest BCUT2D eigenvalue weighted by molar-refractivity contribution is -0.136. The molecule has 31 heavy (non-hydrogen) atoms. The maximum atomic E-state index is 13.3. The van der Waals surface area contributed by atoms with Gasteiger partial charge in [0.2, 0.25) is 5.91 Å². The van der Waals surface area contributed by atoms with Crippen molar-refractivity contribution in [2.45, 2.75) is 19.8 Å². The maximum Gasteiger partial charge on any atom is 0.227 e. The summed E-state index contributed by atoms with van der Waals surface area (Å²) in [5.41, 5.74) is 1.02. The van der Waals surface area contributed by atoms with Gasteiger partial charge < -0.3 is 14.7 Å². The fourth-order valence-electron chi connectivity index (χ4n) is 4.79. The van der Waals surface area contributed by atoms with Crippen LogP contribution in [0.3, 0.4) is 0 Å². The van der Waals surface area contributed by atoms with E-state index >= 15 is 0 Å². The minimum absolute atomic E-state index is 0.0166. The summed E-state index contributed by atoms with van der Waals surface area (Å²) in [5.74, 6) is 1.07. The molecule has 2 aromatic heterocycles. The molecule has 4 heterocycles. The van der Waals surface area contributed by atoms with Crippen LogP contribution >= 0.6 is 11.3 Å². The number of anilines is 2. The quantitative estimate of drug-likeness (QED) is 0.611. The van der Waals surface area contributed by atoms with Crippen molar-refractivity contribution >= 4 is 38.8 Å². The molecule has 1 aromatic carbocycles. The zero-order valence-corrected chi connectivity index (χ0v) is 18.6. The van der Waals surface area contributed by atoms with Gasteiger partial charge in [-0.3, -0.25) is 4.79 Å². The molecule has 0 radical (unpaired) electrons. The van der Waals surface area contributed by atoms with Gasteiger partial charge in [0.15, 0.2) is 0 Å².